The van der Waals surface area contributed by atoms with Crippen LogP contribution in [-0.4, -0.2) is 39.8 Å². The van der Waals surface area contributed by atoms with Gasteiger partial charge < -0.3 is 0 Å². The number of fused-ring (bicyclic) bond motifs is 1. The summed E-state index contributed by atoms with van der Waals surface area (Å²) in [7, 11) is 0. The molecule has 3 aromatic heterocycles. The van der Waals surface area contributed by atoms with Gasteiger partial charge in [-0.25, -0.2) is 4.68 Å². The SMILES string of the molecule is Cc1cc(C)n(-c2nnc3nncn3n2)n1. The van der Waals surface area contributed by atoms with E-state index in [1.165, 1.54) is 10.8 Å². The summed E-state index contributed by atoms with van der Waals surface area (Å²) in [5.74, 6) is 0.767. The number of hydrogen-bond donors (Lipinski definition) is 0. The largest absolute Gasteiger partial charge is 0.290 e. The van der Waals surface area contributed by atoms with Crippen molar-refractivity contribution in [3.05, 3.63) is 23.8 Å². The van der Waals surface area contributed by atoms with Gasteiger partial charge in [0.2, 0.25) is 0 Å². The number of hydrogen-bond acceptors (Lipinski definition) is 6. The molecule has 0 saturated carbocycles. The van der Waals surface area contributed by atoms with E-state index in [2.05, 4.69) is 30.6 Å². The van der Waals surface area contributed by atoms with Crippen LogP contribution in [0.2, 0.25) is 0 Å². The lowest BCUT2D eigenvalue weighted by molar-refractivity contribution is 0.699. The maximum Gasteiger partial charge on any atom is 0.290 e. The topological polar surface area (TPSA) is 86.7 Å². The van der Waals surface area contributed by atoms with E-state index in [-0.39, 0.29) is 0 Å². The first-order valence-electron chi connectivity index (χ1n) is 4.68. The fraction of sp³-hybridized carbons (Fsp3) is 0.250. The van der Waals surface area contributed by atoms with Crippen molar-refractivity contribution in [3.8, 4) is 5.95 Å². The molecule has 0 radical (unpaired) electrons. The summed E-state index contributed by atoms with van der Waals surface area (Å²) >= 11 is 0. The third-order valence-corrected chi connectivity index (χ3v) is 2.14. The third kappa shape index (κ3) is 1.23. The van der Waals surface area contributed by atoms with Gasteiger partial charge in [-0.2, -0.15) is 9.61 Å². The molecule has 3 heterocycles. The fourth-order valence-corrected chi connectivity index (χ4v) is 1.48. The summed E-state index contributed by atoms with van der Waals surface area (Å²) in [5, 5.41) is 23.7. The Morgan fingerprint density at radius 2 is 1.94 bits per heavy atom. The van der Waals surface area contributed by atoms with Crippen LogP contribution in [-0.2, 0) is 0 Å². The Balaban J connectivity index is 2.21. The minimum absolute atomic E-state index is 0.366. The molecule has 0 bridgehead atoms. The van der Waals surface area contributed by atoms with Crippen molar-refractivity contribution in [2.45, 2.75) is 13.8 Å². The van der Waals surface area contributed by atoms with Crippen LogP contribution < -0.4 is 0 Å². The third-order valence-electron chi connectivity index (χ3n) is 2.14. The highest BCUT2D eigenvalue weighted by molar-refractivity contribution is 5.22. The number of rotatable bonds is 1. The van der Waals surface area contributed by atoms with E-state index in [4.69, 9.17) is 0 Å². The Hall–Kier alpha value is -2.38. The van der Waals surface area contributed by atoms with Crippen molar-refractivity contribution in [2.24, 2.45) is 0 Å². The Bertz CT molecular complexity index is 651. The highest BCUT2D eigenvalue weighted by atomic mass is 15.5. The van der Waals surface area contributed by atoms with Crippen LogP contribution in [0.1, 0.15) is 11.4 Å². The predicted octanol–water partition coefficient (Wildman–Crippen LogP) is -0.283. The van der Waals surface area contributed by atoms with Crippen LogP contribution in [0.4, 0.5) is 0 Å². The van der Waals surface area contributed by atoms with Crippen molar-refractivity contribution in [1.29, 1.82) is 0 Å². The molecule has 8 nitrogen and oxygen atoms in total. The van der Waals surface area contributed by atoms with E-state index in [0.29, 0.717) is 11.7 Å². The standard InChI is InChI=1S/C8H8N8/c1-5-3-6(2)16(13-5)8-12-11-7-10-9-4-15(7)14-8/h3-4H,1-2H3. The van der Waals surface area contributed by atoms with Gasteiger partial charge in [0.1, 0.15) is 6.33 Å². The zero-order valence-electron chi connectivity index (χ0n) is 8.73. The monoisotopic (exact) mass is 216 g/mol. The molecule has 0 N–H and O–H groups in total. The lowest BCUT2D eigenvalue weighted by Gasteiger charge is -2.00. The van der Waals surface area contributed by atoms with Crippen molar-refractivity contribution in [2.75, 3.05) is 0 Å². The number of aromatic nitrogens is 8. The van der Waals surface area contributed by atoms with Crippen LogP contribution >= 0.6 is 0 Å². The molecule has 0 aliphatic rings. The first-order chi connectivity index (χ1) is 7.74. The summed E-state index contributed by atoms with van der Waals surface area (Å²) in [6.45, 7) is 3.84. The molecule has 0 atom stereocenters. The molecule has 80 valence electrons. The summed E-state index contributed by atoms with van der Waals surface area (Å²) in [6, 6.07) is 1.94. The molecule has 8 heteroatoms. The highest BCUT2D eigenvalue weighted by Gasteiger charge is 2.08. The number of aryl methyl sites for hydroxylation is 2. The van der Waals surface area contributed by atoms with Crippen LogP contribution in [0, 0.1) is 13.8 Å². The summed E-state index contributed by atoms with van der Waals surface area (Å²) in [5.41, 5.74) is 1.86. The molecular formula is C8H8N8. The van der Waals surface area contributed by atoms with Gasteiger partial charge in [0.15, 0.2) is 0 Å². The molecule has 0 fully saturated rings. The molecule has 0 amide bonds. The van der Waals surface area contributed by atoms with Crippen molar-refractivity contribution in [1.82, 2.24) is 39.8 Å². The van der Waals surface area contributed by atoms with Crippen LogP contribution in [0.25, 0.3) is 11.7 Å². The van der Waals surface area contributed by atoms with E-state index in [9.17, 15) is 0 Å². The smallest absolute Gasteiger partial charge is 0.200 e. The van der Waals surface area contributed by atoms with Gasteiger partial charge in [-0.3, -0.25) is 0 Å². The van der Waals surface area contributed by atoms with E-state index >= 15 is 0 Å². The minimum atomic E-state index is 0.366. The van der Waals surface area contributed by atoms with Crippen LogP contribution in [0.5, 0.6) is 0 Å². The summed E-state index contributed by atoms with van der Waals surface area (Å²) in [4.78, 5) is 0. The predicted molar refractivity (Wildman–Crippen MR) is 53.0 cm³/mol. The molecule has 0 spiro atoms. The van der Waals surface area contributed by atoms with E-state index in [0.717, 1.165) is 11.4 Å². The molecular weight excluding hydrogens is 208 g/mol. The normalized spacial score (nSPS) is 11.1. The second-order valence-electron chi connectivity index (χ2n) is 3.41. The lowest BCUT2D eigenvalue weighted by Crippen LogP contribution is -2.09. The van der Waals surface area contributed by atoms with Crippen LogP contribution in [0.15, 0.2) is 12.4 Å². The van der Waals surface area contributed by atoms with Gasteiger partial charge in [0.05, 0.1) is 5.69 Å². The Kier molecular flexibility index (Phi) is 1.70. The first kappa shape index (κ1) is 8.89. The minimum Gasteiger partial charge on any atom is -0.200 e. The zero-order valence-corrected chi connectivity index (χ0v) is 8.73. The average Bonchev–Trinajstić information content (AvgIpc) is 2.83. The molecule has 0 saturated heterocycles. The molecule has 0 aliphatic heterocycles. The molecule has 3 rings (SSSR count). The first-order valence-corrected chi connectivity index (χ1v) is 4.68. The molecule has 0 aromatic carbocycles. The van der Waals surface area contributed by atoms with Crippen molar-refractivity contribution < 1.29 is 0 Å². The Labute approximate surface area is 89.9 Å². The van der Waals surface area contributed by atoms with Gasteiger partial charge in [0, 0.05) is 5.69 Å². The van der Waals surface area contributed by atoms with Crippen molar-refractivity contribution in [3.63, 3.8) is 0 Å². The lowest BCUT2D eigenvalue weighted by atomic mass is 10.4. The van der Waals surface area contributed by atoms with Gasteiger partial charge >= 0.3 is 0 Å². The van der Waals surface area contributed by atoms with Gasteiger partial charge in [-0.1, -0.05) is 0 Å². The van der Waals surface area contributed by atoms with E-state index in [1.807, 2.05) is 19.9 Å². The van der Waals surface area contributed by atoms with Gasteiger partial charge in [-0.05, 0) is 19.9 Å². The summed E-state index contributed by atoms with van der Waals surface area (Å²) in [6.07, 6.45) is 1.47. The van der Waals surface area contributed by atoms with Gasteiger partial charge in [0.25, 0.3) is 11.7 Å². The average molecular weight is 216 g/mol. The zero-order chi connectivity index (χ0) is 11.1. The summed E-state index contributed by atoms with van der Waals surface area (Å²) < 4.78 is 3.08. The number of nitrogens with zero attached hydrogens (tertiary/aromatic N) is 8. The van der Waals surface area contributed by atoms with E-state index < -0.39 is 0 Å². The Morgan fingerprint density at radius 1 is 1.06 bits per heavy atom. The molecule has 0 aliphatic carbocycles. The quantitative estimate of drug-likeness (QED) is 0.555. The molecule has 3 aromatic rings. The van der Waals surface area contributed by atoms with Crippen molar-refractivity contribution >= 4 is 5.78 Å². The maximum absolute atomic E-state index is 4.27. The van der Waals surface area contributed by atoms with E-state index in [1.54, 1.807) is 4.68 Å². The Morgan fingerprint density at radius 3 is 2.69 bits per heavy atom. The van der Waals surface area contributed by atoms with Gasteiger partial charge in [-0.15, -0.1) is 25.5 Å². The second-order valence-corrected chi connectivity index (χ2v) is 3.41. The molecule has 0 unspecified atom stereocenters. The van der Waals surface area contributed by atoms with Crippen LogP contribution in [0.3, 0.4) is 0 Å². The molecule has 16 heavy (non-hydrogen) atoms. The highest BCUT2D eigenvalue weighted by Crippen LogP contribution is 2.06. The second kappa shape index (κ2) is 3.05. The maximum atomic E-state index is 4.27. The fourth-order valence-electron chi connectivity index (χ4n) is 1.48.